The summed E-state index contributed by atoms with van der Waals surface area (Å²) >= 11 is 1.90. The second-order valence-corrected chi connectivity index (χ2v) is 5.20. The molecule has 6 heteroatoms. The summed E-state index contributed by atoms with van der Waals surface area (Å²) in [6.07, 6.45) is 2.67. The largest absolute Gasteiger partial charge is 0.462 e. The molecule has 5 nitrogen and oxygen atoms in total. The third-order valence-electron chi connectivity index (χ3n) is 2.76. The normalized spacial score (nSPS) is 18.6. The Balaban J connectivity index is 2.15. The van der Waals surface area contributed by atoms with Crippen LogP contribution in [-0.2, 0) is 4.74 Å². The predicted molar refractivity (Wildman–Crippen MR) is 74.0 cm³/mol. The van der Waals surface area contributed by atoms with E-state index < -0.39 is 5.97 Å². The summed E-state index contributed by atoms with van der Waals surface area (Å²) in [5.74, 6) is 2.37. The smallest absolute Gasteiger partial charge is 0.340 e. The third-order valence-corrected chi connectivity index (χ3v) is 3.92. The number of nitrogens with two attached hydrogens (primary N) is 1. The molecule has 0 amide bonds. The summed E-state index contributed by atoms with van der Waals surface area (Å²) in [6, 6.07) is 1.96. The molecule has 0 saturated carbocycles. The van der Waals surface area contributed by atoms with Crippen LogP contribution in [0.4, 0.5) is 11.5 Å². The van der Waals surface area contributed by atoms with Crippen molar-refractivity contribution in [3.05, 3.63) is 17.8 Å². The molecule has 1 fully saturated rings. The highest BCUT2D eigenvalue weighted by molar-refractivity contribution is 7.99. The number of anilines is 2. The van der Waals surface area contributed by atoms with Crippen LogP contribution in [0, 0.1) is 0 Å². The molecule has 1 aromatic rings. The molecule has 2 rings (SSSR count). The summed E-state index contributed by atoms with van der Waals surface area (Å²) in [5, 5.41) is 3.28. The molecule has 3 N–H and O–H groups in total. The first-order valence-electron chi connectivity index (χ1n) is 5.98. The number of thioether (sulfide) groups is 1. The average molecular weight is 267 g/mol. The second-order valence-electron chi connectivity index (χ2n) is 4.05. The lowest BCUT2D eigenvalue weighted by Gasteiger charge is -2.15. The number of nitrogens with zero attached hydrogens (tertiary/aromatic N) is 1. The third kappa shape index (κ3) is 2.87. The molecule has 98 valence electrons. The lowest BCUT2D eigenvalue weighted by Crippen LogP contribution is -2.21. The Morgan fingerprint density at radius 1 is 1.72 bits per heavy atom. The zero-order chi connectivity index (χ0) is 13.0. The molecule has 1 aromatic heterocycles. The summed E-state index contributed by atoms with van der Waals surface area (Å²) < 4.78 is 4.96. The highest BCUT2D eigenvalue weighted by Crippen LogP contribution is 2.25. The molecule has 1 aliphatic heterocycles. The van der Waals surface area contributed by atoms with Gasteiger partial charge in [0.25, 0.3) is 0 Å². The predicted octanol–water partition coefficient (Wildman–Crippen LogP) is 1.76. The number of pyridine rings is 1. The second kappa shape index (κ2) is 5.95. The van der Waals surface area contributed by atoms with Gasteiger partial charge in [0.05, 0.1) is 17.9 Å². The Bertz CT molecular complexity index is 433. The number of nitrogens with one attached hydrogen (secondary N) is 1. The number of rotatable bonds is 4. The van der Waals surface area contributed by atoms with Crippen LogP contribution in [0.5, 0.6) is 0 Å². The van der Waals surface area contributed by atoms with Crippen LogP contribution in [-0.4, -0.2) is 35.1 Å². The van der Waals surface area contributed by atoms with Gasteiger partial charge >= 0.3 is 5.97 Å². The minimum absolute atomic E-state index is 0.336. The minimum atomic E-state index is -0.402. The number of hydrogen-bond acceptors (Lipinski definition) is 6. The summed E-state index contributed by atoms with van der Waals surface area (Å²) in [7, 11) is 0. The van der Waals surface area contributed by atoms with E-state index in [1.807, 2.05) is 11.8 Å². The van der Waals surface area contributed by atoms with Crippen molar-refractivity contribution in [2.24, 2.45) is 0 Å². The van der Waals surface area contributed by atoms with Gasteiger partial charge in [-0.05, 0) is 25.2 Å². The maximum absolute atomic E-state index is 11.7. The first kappa shape index (κ1) is 13.0. The molecule has 18 heavy (non-hydrogen) atoms. The molecule has 1 atom stereocenters. The van der Waals surface area contributed by atoms with Gasteiger partial charge in [-0.15, -0.1) is 0 Å². The van der Waals surface area contributed by atoms with Gasteiger partial charge in [-0.2, -0.15) is 11.8 Å². The Labute approximate surface area is 110 Å². The molecule has 0 radical (unpaired) electrons. The first-order valence-corrected chi connectivity index (χ1v) is 7.13. The number of ether oxygens (including phenoxy) is 1. The van der Waals surface area contributed by atoms with E-state index in [9.17, 15) is 4.79 Å². The van der Waals surface area contributed by atoms with Crippen LogP contribution in [0.25, 0.3) is 0 Å². The quantitative estimate of drug-likeness (QED) is 0.809. The number of carbonyl (C=O) groups excluding carboxylic acids is 1. The lowest BCUT2D eigenvalue weighted by molar-refractivity contribution is 0.0527. The number of esters is 1. The van der Waals surface area contributed by atoms with Gasteiger partial charge < -0.3 is 15.8 Å². The van der Waals surface area contributed by atoms with Crippen LogP contribution in [0.3, 0.4) is 0 Å². The van der Waals surface area contributed by atoms with Gasteiger partial charge in [0, 0.05) is 18.0 Å². The minimum Gasteiger partial charge on any atom is -0.462 e. The van der Waals surface area contributed by atoms with Crippen molar-refractivity contribution in [3.63, 3.8) is 0 Å². The van der Waals surface area contributed by atoms with Gasteiger partial charge in [-0.25, -0.2) is 9.78 Å². The first-order chi connectivity index (χ1) is 8.72. The van der Waals surface area contributed by atoms with Crippen LogP contribution in [0.15, 0.2) is 12.3 Å². The summed E-state index contributed by atoms with van der Waals surface area (Å²) in [5.41, 5.74) is 6.70. The molecule has 1 saturated heterocycles. The Kier molecular flexibility index (Phi) is 4.30. The van der Waals surface area contributed by atoms with Crippen molar-refractivity contribution in [1.82, 2.24) is 4.98 Å². The van der Waals surface area contributed by atoms with E-state index in [-0.39, 0.29) is 0 Å². The van der Waals surface area contributed by atoms with Crippen LogP contribution >= 0.6 is 11.8 Å². The molecule has 0 aromatic carbocycles. The molecule has 1 unspecified atom stereocenters. The molecular formula is C12H17N3O2S. The zero-order valence-corrected chi connectivity index (χ0v) is 11.1. The molecule has 0 bridgehead atoms. The van der Waals surface area contributed by atoms with E-state index in [1.54, 1.807) is 19.2 Å². The van der Waals surface area contributed by atoms with Crippen LogP contribution < -0.4 is 11.1 Å². The van der Waals surface area contributed by atoms with Gasteiger partial charge in [0.2, 0.25) is 0 Å². The number of aromatic nitrogens is 1. The molecule has 0 spiro atoms. The van der Waals surface area contributed by atoms with E-state index >= 15 is 0 Å². The Hall–Kier alpha value is -1.43. The topological polar surface area (TPSA) is 77.2 Å². The fourth-order valence-corrected chi connectivity index (χ4v) is 2.97. The van der Waals surface area contributed by atoms with E-state index in [4.69, 9.17) is 10.5 Å². The van der Waals surface area contributed by atoms with E-state index in [0.29, 0.717) is 29.7 Å². The highest BCUT2D eigenvalue weighted by Gasteiger charge is 2.19. The van der Waals surface area contributed by atoms with Gasteiger partial charge in [0.1, 0.15) is 5.82 Å². The lowest BCUT2D eigenvalue weighted by atomic mass is 10.2. The summed E-state index contributed by atoms with van der Waals surface area (Å²) in [4.78, 5) is 15.9. The van der Waals surface area contributed by atoms with Crippen molar-refractivity contribution in [2.75, 3.05) is 29.2 Å². The van der Waals surface area contributed by atoms with Crippen LogP contribution in [0.2, 0.25) is 0 Å². The van der Waals surface area contributed by atoms with Gasteiger partial charge in [-0.3, -0.25) is 0 Å². The highest BCUT2D eigenvalue weighted by atomic mass is 32.2. The molecule has 2 heterocycles. The number of nitrogen functional groups attached to an aromatic ring is 1. The number of carbonyl (C=O) groups is 1. The Morgan fingerprint density at radius 2 is 2.56 bits per heavy atom. The molecule has 1 aliphatic rings. The molecular weight excluding hydrogens is 250 g/mol. The average Bonchev–Trinajstić information content (AvgIpc) is 2.85. The van der Waals surface area contributed by atoms with E-state index in [1.165, 1.54) is 0 Å². The molecule has 0 aliphatic carbocycles. The fraction of sp³-hybridized carbons (Fsp3) is 0.500. The van der Waals surface area contributed by atoms with Crippen LogP contribution in [0.1, 0.15) is 23.7 Å². The van der Waals surface area contributed by atoms with Crippen molar-refractivity contribution >= 4 is 29.2 Å². The van der Waals surface area contributed by atoms with Crippen molar-refractivity contribution in [1.29, 1.82) is 0 Å². The standard InChI is InChI=1S/C12H17N3O2S/c1-2-17-12(16)9-3-5-14-11(10(9)13)15-8-4-6-18-7-8/h3,5,8H,2,4,6-7,13H2,1H3,(H,14,15). The maximum atomic E-state index is 11.7. The van der Waals surface area contributed by atoms with E-state index in [2.05, 4.69) is 10.3 Å². The van der Waals surface area contributed by atoms with Gasteiger partial charge in [-0.1, -0.05) is 0 Å². The maximum Gasteiger partial charge on any atom is 0.340 e. The van der Waals surface area contributed by atoms with E-state index in [0.717, 1.165) is 17.9 Å². The van der Waals surface area contributed by atoms with Crippen molar-refractivity contribution < 1.29 is 9.53 Å². The van der Waals surface area contributed by atoms with Gasteiger partial charge in [0.15, 0.2) is 0 Å². The SMILES string of the molecule is CCOC(=O)c1ccnc(NC2CCSC2)c1N. The Morgan fingerprint density at radius 3 is 3.22 bits per heavy atom. The zero-order valence-electron chi connectivity index (χ0n) is 10.3. The number of hydrogen-bond donors (Lipinski definition) is 2. The monoisotopic (exact) mass is 267 g/mol. The summed E-state index contributed by atoms with van der Waals surface area (Å²) in [6.45, 7) is 2.10. The fourth-order valence-electron chi connectivity index (χ4n) is 1.82. The van der Waals surface area contributed by atoms with Crippen molar-refractivity contribution in [3.8, 4) is 0 Å². The van der Waals surface area contributed by atoms with Crippen molar-refractivity contribution in [2.45, 2.75) is 19.4 Å².